The molecule has 0 saturated carbocycles. The molecule has 1 heterocycles. The average Bonchev–Trinajstić information content (AvgIpc) is 3.20. The van der Waals surface area contributed by atoms with E-state index >= 15 is 0 Å². The van der Waals surface area contributed by atoms with E-state index in [1.54, 1.807) is 36.0 Å². The Balaban J connectivity index is 1.65. The van der Waals surface area contributed by atoms with Crippen LogP contribution in [0.4, 0.5) is 5.69 Å². The Bertz CT molecular complexity index is 1110. The summed E-state index contributed by atoms with van der Waals surface area (Å²) in [4.78, 5) is 26.2. The van der Waals surface area contributed by atoms with E-state index in [0.29, 0.717) is 34.9 Å². The predicted molar refractivity (Wildman–Crippen MR) is 134 cm³/mol. The molecule has 174 valence electrons. The zero-order valence-electron chi connectivity index (χ0n) is 19.2. The Morgan fingerprint density at radius 1 is 1.12 bits per heavy atom. The molecule has 1 aromatic heterocycles. The average molecular weight is 486 g/mol. The van der Waals surface area contributed by atoms with Crippen LogP contribution in [0.5, 0.6) is 0 Å². The van der Waals surface area contributed by atoms with Crippen LogP contribution in [0.2, 0.25) is 5.02 Å². The topological polar surface area (TPSA) is 80.1 Å². The fourth-order valence-electron chi connectivity index (χ4n) is 3.22. The lowest BCUT2D eigenvalue weighted by molar-refractivity contribution is -0.116. The largest absolute Gasteiger partial charge is 0.325 e. The summed E-state index contributed by atoms with van der Waals surface area (Å²) in [5, 5.41) is 13.1. The van der Waals surface area contributed by atoms with E-state index in [4.69, 9.17) is 11.6 Å². The van der Waals surface area contributed by atoms with Crippen LogP contribution in [0.1, 0.15) is 48.9 Å². The van der Waals surface area contributed by atoms with Crippen molar-refractivity contribution in [2.75, 3.05) is 25.2 Å². The minimum absolute atomic E-state index is 0.0645. The lowest BCUT2D eigenvalue weighted by Crippen LogP contribution is -2.20. The number of rotatable bonds is 10. The molecule has 0 radical (unpaired) electrons. The van der Waals surface area contributed by atoms with E-state index in [-0.39, 0.29) is 17.7 Å². The molecular weight excluding hydrogens is 458 g/mol. The second kappa shape index (κ2) is 11.4. The molecule has 0 spiro atoms. The number of nitrogens with one attached hydrogen (secondary N) is 1. The number of hydrogen-bond acceptors (Lipinski definition) is 6. The SMILES string of the molecule is CC(=O)c1ccccc1NC(=O)CCCSc1nnc(C(C)N(C)C)n1-c1ccc(Cl)cc1. The number of carbonyl (C=O) groups excluding carboxylic acids is 2. The van der Waals surface area contributed by atoms with Gasteiger partial charge in [0.1, 0.15) is 0 Å². The maximum atomic E-state index is 12.4. The Kier molecular flexibility index (Phi) is 8.66. The molecule has 3 aromatic rings. The number of benzene rings is 2. The Hall–Kier alpha value is -2.68. The lowest BCUT2D eigenvalue weighted by Gasteiger charge is -2.20. The first-order chi connectivity index (χ1) is 15.8. The monoisotopic (exact) mass is 485 g/mol. The molecule has 0 bridgehead atoms. The number of ketones is 1. The van der Waals surface area contributed by atoms with Crippen molar-refractivity contribution in [3.63, 3.8) is 0 Å². The van der Waals surface area contributed by atoms with Gasteiger partial charge in [0.05, 0.1) is 11.7 Å². The minimum Gasteiger partial charge on any atom is -0.325 e. The van der Waals surface area contributed by atoms with Crippen molar-refractivity contribution in [2.24, 2.45) is 0 Å². The molecule has 0 saturated heterocycles. The summed E-state index contributed by atoms with van der Waals surface area (Å²) in [6, 6.07) is 14.7. The first-order valence-corrected chi connectivity index (χ1v) is 12.0. The van der Waals surface area contributed by atoms with Crippen molar-refractivity contribution in [3.05, 3.63) is 64.9 Å². The number of halogens is 1. The first-order valence-electron chi connectivity index (χ1n) is 10.7. The summed E-state index contributed by atoms with van der Waals surface area (Å²) in [7, 11) is 4.00. The highest BCUT2D eigenvalue weighted by molar-refractivity contribution is 7.99. The molecule has 0 aliphatic carbocycles. The molecule has 3 rings (SSSR count). The molecule has 1 unspecified atom stereocenters. The molecule has 9 heteroatoms. The number of para-hydroxylation sites is 1. The van der Waals surface area contributed by atoms with E-state index in [1.807, 2.05) is 42.9 Å². The van der Waals surface area contributed by atoms with Crippen molar-refractivity contribution in [2.45, 2.75) is 37.9 Å². The highest BCUT2D eigenvalue weighted by Gasteiger charge is 2.21. The van der Waals surface area contributed by atoms with Crippen LogP contribution in [-0.4, -0.2) is 51.2 Å². The molecule has 1 atom stereocenters. The minimum atomic E-state index is -0.120. The quantitative estimate of drug-likeness (QED) is 0.240. The maximum Gasteiger partial charge on any atom is 0.224 e. The van der Waals surface area contributed by atoms with Crippen LogP contribution in [0.25, 0.3) is 5.69 Å². The van der Waals surface area contributed by atoms with Gasteiger partial charge in [0.2, 0.25) is 5.91 Å². The third-order valence-corrected chi connectivity index (χ3v) is 6.52. The number of hydrogen-bond donors (Lipinski definition) is 1. The number of Topliss-reactive ketones (excluding diaryl/α,β-unsaturated/α-hetero) is 1. The second-order valence-corrected chi connectivity index (χ2v) is 9.39. The predicted octanol–water partition coefficient (Wildman–Crippen LogP) is 5.26. The van der Waals surface area contributed by atoms with Crippen LogP contribution >= 0.6 is 23.4 Å². The van der Waals surface area contributed by atoms with Crippen LogP contribution in [0.15, 0.2) is 53.7 Å². The van der Waals surface area contributed by atoms with Gasteiger partial charge in [0.25, 0.3) is 0 Å². The molecule has 0 aliphatic rings. The number of aromatic nitrogens is 3. The van der Waals surface area contributed by atoms with E-state index in [0.717, 1.165) is 16.7 Å². The van der Waals surface area contributed by atoms with Gasteiger partial charge in [-0.3, -0.25) is 19.1 Å². The summed E-state index contributed by atoms with van der Waals surface area (Å²) in [6.07, 6.45) is 1.00. The Morgan fingerprint density at radius 2 is 1.82 bits per heavy atom. The van der Waals surface area contributed by atoms with E-state index in [9.17, 15) is 9.59 Å². The fraction of sp³-hybridized carbons (Fsp3) is 0.333. The van der Waals surface area contributed by atoms with Gasteiger partial charge in [-0.25, -0.2) is 0 Å². The van der Waals surface area contributed by atoms with E-state index in [2.05, 4.69) is 27.3 Å². The molecule has 2 aromatic carbocycles. The number of amides is 1. The second-order valence-electron chi connectivity index (χ2n) is 7.89. The van der Waals surface area contributed by atoms with Gasteiger partial charge in [0.15, 0.2) is 16.8 Å². The van der Waals surface area contributed by atoms with Gasteiger partial charge in [-0.05, 0) is 70.8 Å². The highest BCUT2D eigenvalue weighted by Crippen LogP contribution is 2.28. The number of anilines is 1. The molecule has 1 amide bonds. The van der Waals surface area contributed by atoms with Crippen molar-refractivity contribution in [1.29, 1.82) is 0 Å². The van der Waals surface area contributed by atoms with E-state index in [1.165, 1.54) is 6.92 Å². The number of thioether (sulfide) groups is 1. The summed E-state index contributed by atoms with van der Waals surface area (Å²) < 4.78 is 2.04. The summed E-state index contributed by atoms with van der Waals surface area (Å²) in [6.45, 7) is 3.57. The van der Waals surface area contributed by atoms with Crippen LogP contribution < -0.4 is 5.32 Å². The standard InChI is InChI=1S/C24H28ClN5O2S/c1-16(29(3)4)23-27-28-24(30(23)19-13-11-18(25)12-14-19)33-15-7-10-22(32)26-21-9-6-5-8-20(21)17(2)31/h5-6,8-9,11-14,16H,7,10,15H2,1-4H3,(H,26,32). The number of nitrogens with zero attached hydrogens (tertiary/aromatic N) is 4. The van der Waals surface area contributed by atoms with Crippen LogP contribution in [0, 0.1) is 0 Å². The normalized spacial score (nSPS) is 12.1. The zero-order chi connectivity index (χ0) is 24.0. The molecule has 33 heavy (non-hydrogen) atoms. The smallest absolute Gasteiger partial charge is 0.224 e. The van der Waals surface area contributed by atoms with Gasteiger partial charge in [0, 0.05) is 28.4 Å². The summed E-state index contributed by atoms with van der Waals surface area (Å²) in [5.41, 5.74) is 2.00. The van der Waals surface area contributed by atoms with Crippen LogP contribution in [0.3, 0.4) is 0 Å². The van der Waals surface area contributed by atoms with E-state index < -0.39 is 0 Å². The zero-order valence-corrected chi connectivity index (χ0v) is 20.8. The Labute approximate surface area is 203 Å². The molecule has 0 aliphatic heterocycles. The van der Waals surface area contributed by atoms with Gasteiger partial charge >= 0.3 is 0 Å². The van der Waals surface area contributed by atoms with Crippen molar-refractivity contribution < 1.29 is 9.59 Å². The van der Waals surface area contributed by atoms with Gasteiger partial charge in [-0.15, -0.1) is 10.2 Å². The van der Waals surface area contributed by atoms with Gasteiger partial charge in [-0.1, -0.05) is 35.5 Å². The summed E-state index contributed by atoms with van der Waals surface area (Å²) >= 11 is 7.63. The number of carbonyl (C=O) groups is 2. The van der Waals surface area contributed by atoms with Gasteiger partial charge in [-0.2, -0.15) is 0 Å². The molecule has 1 N–H and O–H groups in total. The first kappa shape index (κ1) is 25.0. The van der Waals surface area contributed by atoms with Gasteiger partial charge < -0.3 is 5.32 Å². The maximum absolute atomic E-state index is 12.4. The molecule has 0 fully saturated rings. The summed E-state index contributed by atoms with van der Waals surface area (Å²) in [5.74, 6) is 1.34. The van der Waals surface area contributed by atoms with Crippen molar-refractivity contribution >= 4 is 40.7 Å². The molecule has 7 nitrogen and oxygen atoms in total. The third kappa shape index (κ3) is 6.43. The van der Waals surface area contributed by atoms with Crippen molar-refractivity contribution in [1.82, 2.24) is 19.7 Å². The fourth-order valence-corrected chi connectivity index (χ4v) is 4.24. The van der Waals surface area contributed by atoms with Crippen molar-refractivity contribution in [3.8, 4) is 5.69 Å². The Morgan fingerprint density at radius 3 is 2.48 bits per heavy atom. The molecular formula is C24H28ClN5O2S. The third-order valence-electron chi connectivity index (χ3n) is 5.25. The lowest BCUT2D eigenvalue weighted by atomic mass is 10.1. The highest BCUT2D eigenvalue weighted by atomic mass is 35.5. The van der Waals surface area contributed by atoms with Crippen LogP contribution in [-0.2, 0) is 4.79 Å².